The first kappa shape index (κ1) is 16.0. The molecule has 0 spiro atoms. The number of aliphatic hydroxyl groups excluding tert-OH is 1. The van der Waals surface area contributed by atoms with Crippen molar-refractivity contribution < 1.29 is 14.6 Å². The Hall–Kier alpha value is -3.22. The van der Waals surface area contributed by atoms with Gasteiger partial charge in [-0.05, 0) is 29.8 Å². The molecule has 1 aliphatic rings. The van der Waals surface area contributed by atoms with Gasteiger partial charge in [-0.15, -0.1) is 0 Å². The molecule has 0 unspecified atom stereocenters. The lowest BCUT2D eigenvalue weighted by atomic mass is 10.0. The third-order valence-electron chi connectivity index (χ3n) is 4.72. The van der Waals surface area contributed by atoms with Crippen LogP contribution in [-0.4, -0.2) is 26.5 Å². The number of fused-ring (bicyclic) bond motifs is 2. The summed E-state index contributed by atoms with van der Waals surface area (Å²) in [6.07, 6.45) is 1.82. The van der Waals surface area contributed by atoms with E-state index in [9.17, 15) is 5.11 Å². The van der Waals surface area contributed by atoms with E-state index in [0.29, 0.717) is 6.61 Å². The molecule has 3 heterocycles. The average Bonchev–Trinajstić information content (AvgIpc) is 3.16. The molecule has 27 heavy (non-hydrogen) atoms. The SMILES string of the molecule is OCc1cccc(-c2ccc3ncc(-c4cccc5c4COCO5)n3n2)c1. The predicted octanol–water partition coefficient (Wildman–Crippen LogP) is 3.42. The van der Waals surface area contributed by atoms with Crippen molar-refractivity contribution in [2.45, 2.75) is 13.2 Å². The number of benzene rings is 2. The third kappa shape index (κ3) is 2.75. The molecule has 2 aromatic carbocycles. The van der Waals surface area contributed by atoms with Gasteiger partial charge in [0, 0.05) is 16.7 Å². The Kier molecular flexibility index (Phi) is 3.85. The zero-order valence-electron chi connectivity index (χ0n) is 14.5. The van der Waals surface area contributed by atoms with Crippen molar-refractivity contribution in [1.29, 1.82) is 0 Å². The van der Waals surface area contributed by atoms with Crippen LogP contribution in [0.3, 0.4) is 0 Å². The Bertz CT molecular complexity index is 1140. The van der Waals surface area contributed by atoms with Crippen LogP contribution >= 0.6 is 0 Å². The van der Waals surface area contributed by atoms with Gasteiger partial charge in [0.25, 0.3) is 0 Å². The molecule has 134 valence electrons. The van der Waals surface area contributed by atoms with Crippen LogP contribution in [0.15, 0.2) is 60.8 Å². The monoisotopic (exact) mass is 359 g/mol. The van der Waals surface area contributed by atoms with E-state index in [4.69, 9.17) is 14.6 Å². The molecule has 0 atom stereocenters. The van der Waals surface area contributed by atoms with Crippen LogP contribution in [0.5, 0.6) is 5.75 Å². The topological polar surface area (TPSA) is 68.9 Å². The zero-order valence-corrected chi connectivity index (χ0v) is 14.5. The van der Waals surface area contributed by atoms with Gasteiger partial charge in [0.15, 0.2) is 12.4 Å². The number of aliphatic hydroxyl groups is 1. The summed E-state index contributed by atoms with van der Waals surface area (Å²) >= 11 is 0. The van der Waals surface area contributed by atoms with E-state index in [1.54, 1.807) is 0 Å². The number of imidazole rings is 1. The minimum absolute atomic E-state index is 0.00254. The van der Waals surface area contributed by atoms with Gasteiger partial charge in [-0.2, -0.15) is 5.10 Å². The van der Waals surface area contributed by atoms with Crippen LogP contribution in [0.25, 0.3) is 28.2 Å². The fourth-order valence-corrected chi connectivity index (χ4v) is 3.38. The number of aromatic nitrogens is 3. The van der Waals surface area contributed by atoms with Gasteiger partial charge in [0.05, 0.1) is 30.8 Å². The van der Waals surface area contributed by atoms with Crippen LogP contribution in [0.1, 0.15) is 11.1 Å². The number of rotatable bonds is 3. The second-order valence-electron chi connectivity index (χ2n) is 6.38. The Labute approximate surface area is 155 Å². The standard InChI is InChI=1S/C21H17N3O3/c25-11-14-3-1-4-15(9-14)18-7-8-21-22-10-19(24(21)23-18)16-5-2-6-20-17(16)12-26-13-27-20/h1-10,25H,11-13H2. The number of hydrogen-bond acceptors (Lipinski definition) is 5. The van der Waals surface area contributed by atoms with E-state index in [2.05, 4.69) is 4.98 Å². The minimum atomic E-state index is 0.00254. The van der Waals surface area contributed by atoms with Crippen molar-refractivity contribution in [3.05, 3.63) is 71.9 Å². The number of ether oxygens (including phenoxy) is 2. The predicted molar refractivity (Wildman–Crippen MR) is 100 cm³/mol. The second kappa shape index (κ2) is 6.50. The molecule has 1 aliphatic heterocycles. The van der Waals surface area contributed by atoms with Crippen LogP contribution in [-0.2, 0) is 18.0 Å². The van der Waals surface area contributed by atoms with Gasteiger partial charge >= 0.3 is 0 Å². The van der Waals surface area contributed by atoms with Gasteiger partial charge in [-0.25, -0.2) is 9.50 Å². The molecule has 0 bridgehead atoms. The summed E-state index contributed by atoms with van der Waals surface area (Å²) in [7, 11) is 0. The normalized spacial score (nSPS) is 13.4. The molecule has 0 saturated carbocycles. The fourth-order valence-electron chi connectivity index (χ4n) is 3.38. The van der Waals surface area contributed by atoms with Crippen molar-refractivity contribution in [2.75, 3.05) is 6.79 Å². The molecular formula is C21H17N3O3. The zero-order chi connectivity index (χ0) is 18.2. The lowest BCUT2D eigenvalue weighted by Gasteiger charge is -2.20. The number of nitrogens with zero attached hydrogens (tertiary/aromatic N) is 3. The summed E-state index contributed by atoms with van der Waals surface area (Å²) in [4.78, 5) is 4.49. The molecular weight excluding hydrogens is 342 g/mol. The van der Waals surface area contributed by atoms with Crippen LogP contribution in [0.2, 0.25) is 0 Å². The van der Waals surface area contributed by atoms with E-state index in [-0.39, 0.29) is 13.4 Å². The van der Waals surface area contributed by atoms with Crippen LogP contribution in [0, 0.1) is 0 Å². The largest absolute Gasteiger partial charge is 0.467 e. The van der Waals surface area contributed by atoms with E-state index < -0.39 is 0 Å². The molecule has 6 heteroatoms. The minimum Gasteiger partial charge on any atom is -0.467 e. The third-order valence-corrected chi connectivity index (χ3v) is 4.72. The first-order chi connectivity index (χ1) is 13.3. The average molecular weight is 359 g/mol. The molecule has 5 rings (SSSR count). The number of hydrogen-bond donors (Lipinski definition) is 1. The van der Waals surface area contributed by atoms with Crippen molar-refractivity contribution in [3.63, 3.8) is 0 Å². The smallest absolute Gasteiger partial charge is 0.189 e. The second-order valence-corrected chi connectivity index (χ2v) is 6.38. The quantitative estimate of drug-likeness (QED) is 0.607. The summed E-state index contributed by atoms with van der Waals surface area (Å²) in [5, 5.41) is 14.2. The van der Waals surface area contributed by atoms with Crippen LogP contribution < -0.4 is 4.74 Å². The van der Waals surface area contributed by atoms with Gasteiger partial charge in [-0.3, -0.25) is 0 Å². The molecule has 0 radical (unpaired) electrons. The van der Waals surface area contributed by atoms with E-state index in [1.165, 1.54) is 0 Å². The van der Waals surface area contributed by atoms with E-state index in [1.807, 2.05) is 65.3 Å². The molecule has 0 aliphatic carbocycles. The lowest BCUT2D eigenvalue weighted by molar-refractivity contribution is -0.0160. The molecule has 0 amide bonds. The summed E-state index contributed by atoms with van der Waals surface area (Å²) in [6, 6.07) is 17.6. The van der Waals surface area contributed by atoms with Crippen molar-refractivity contribution in [3.8, 4) is 28.3 Å². The summed E-state index contributed by atoms with van der Waals surface area (Å²) in [5.74, 6) is 0.834. The highest BCUT2D eigenvalue weighted by Gasteiger charge is 2.18. The molecule has 0 saturated heterocycles. The highest BCUT2D eigenvalue weighted by molar-refractivity contribution is 5.70. The van der Waals surface area contributed by atoms with Crippen molar-refractivity contribution >= 4 is 5.65 Å². The highest BCUT2D eigenvalue weighted by atomic mass is 16.7. The Morgan fingerprint density at radius 3 is 2.93 bits per heavy atom. The van der Waals surface area contributed by atoms with Gasteiger partial charge in [-0.1, -0.05) is 30.3 Å². The Morgan fingerprint density at radius 1 is 1.07 bits per heavy atom. The van der Waals surface area contributed by atoms with Crippen molar-refractivity contribution in [2.24, 2.45) is 0 Å². The van der Waals surface area contributed by atoms with Gasteiger partial charge in [0.1, 0.15) is 5.75 Å². The lowest BCUT2D eigenvalue weighted by Crippen LogP contribution is -2.12. The van der Waals surface area contributed by atoms with E-state index >= 15 is 0 Å². The van der Waals surface area contributed by atoms with Gasteiger partial charge in [0.2, 0.25) is 0 Å². The summed E-state index contributed by atoms with van der Waals surface area (Å²) < 4.78 is 12.9. The first-order valence-corrected chi connectivity index (χ1v) is 8.71. The maximum Gasteiger partial charge on any atom is 0.189 e. The summed E-state index contributed by atoms with van der Waals surface area (Å²) in [5.41, 5.74) is 6.26. The molecule has 6 nitrogen and oxygen atoms in total. The Morgan fingerprint density at radius 2 is 2.00 bits per heavy atom. The maximum atomic E-state index is 9.39. The molecule has 1 N–H and O–H groups in total. The van der Waals surface area contributed by atoms with Crippen LogP contribution in [0.4, 0.5) is 0 Å². The molecule has 4 aromatic rings. The summed E-state index contributed by atoms with van der Waals surface area (Å²) in [6.45, 7) is 0.771. The molecule has 0 fully saturated rings. The first-order valence-electron chi connectivity index (χ1n) is 8.71. The van der Waals surface area contributed by atoms with Gasteiger partial charge < -0.3 is 14.6 Å². The highest BCUT2D eigenvalue weighted by Crippen LogP contribution is 2.34. The molecule has 2 aromatic heterocycles. The van der Waals surface area contributed by atoms with Crippen molar-refractivity contribution in [1.82, 2.24) is 14.6 Å². The Balaban J connectivity index is 1.67. The fraction of sp³-hybridized carbons (Fsp3) is 0.143. The van der Waals surface area contributed by atoms with E-state index in [0.717, 1.165) is 45.0 Å². The maximum absolute atomic E-state index is 9.39.